The predicted octanol–water partition coefficient (Wildman–Crippen LogP) is 3.68. The molecular formula is C15H16N2. The van der Waals surface area contributed by atoms with E-state index in [2.05, 4.69) is 44.2 Å². The van der Waals surface area contributed by atoms with Gasteiger partial charge in [0.2, 0.25) is 0 Å². The fourth-order valence-corrected chi connectivity index (χ4v) is 2.90. The van der Waals surface area contributed by atoms with E-state index in [9.17, 15) is 0 Å². The Kier molecular flexibility index (Phi) is 2.18. The molecule has 0 amide bonds. The summed E-state index contributed by atoms with van der Waals surface area (Å²) in [6, 6.07) is 10.8. The summed E-state index contributed by atoms with van der Waals surface area (Å²) < 4.78 is 0. The van der Waals surface area contributed by atoms with Crippen molar-refractivity contribution in [1.82, 2.24) is 0 Å². The highest BCUT2D eigenvalue weighted by atomic mass is 15.2. The van der Waals surface area contributed by atoms with Crippen LogP contribution in [0.15, 0.2) is 30.3 Å². The molecule has 0 aromatic heterocycles. The minimum absolute atomic E-state index is 0.497. The zero-order valence-electron chi connectivity index (χ0n) is 10.2. The number of nitrogens with zero attached hydrogens (tertiary/aromatic N) is 1. The van der Waals surface area contributed by atoms with Crippen molar-refractivity contribution < 1.29 is 0 Å². The van der Waals surface area contributed by atoms with Crippen molar-refractivity contribution in [3.05, 3.63) is 41.5 Å². The monoisotopic (exact) mass is 224 g/mol. The molecule has 1 N–H and O–H groups in total. The van der Waals surface area contributed by atoms with E-state index in [-0.39, 0.29) is 0 Å². The Balaban J connectivity index is 2.37. The fourth-order valence-electron chi connectivity index (χ4n) is 2.90. The molecule has 2 aromatic rings. The summed E-state index contributed by atoms with van der Waals surface area (Å²) in [4.78, 5) is 2.03. The van der Waals surface area contributed by atoms with Gasteiger partial charge < -0.3 is 4.90 Å². The number of hydrogen-bond donors (Lipinski definition) is 1. The molecule has 1 heterocycles. The Morgan fingerprint density at radius 3 is 2.82 bits per heavy atom. The van der Waals surface area contributed by atoms with Gasteiger partial charge in [-0.2, -0.15) is 0 Å². The van der Waals surface area contributed by atoms with Crippen molar-refractivity contribution in [2.75, 3.05) is 11.4 Å². The molecule has 2 aromatic carbocycles. The third-order valence-electron chi connectivity index (χ3n) is 3.73. The number of aryl methyl sites for hydroxylation is 1. The van der Waals surface area contributed by atoms with Crippen LogP contribution in [0.4, 0.5) is 5.69 Å². The van der Waals surface area contributed by atoms with Crippen LogP contribution in [-0.2, 0) is 0 Å². The van der Waals surface area contributed by atoms with Gasteiger partial charge in [0.25, 0.3) is 0 Å². The lowest BCUT2D eigenvalue weighted by molar-refractivity contribution is 0.829. The molecule has 1 unspecified atom stereocenters. The summed E-state index contributed by atoms with van der Waals surface area (Å²) in [6.07, 6.45) is 1.43. The second-order valence-corrected chi connectivity index (χ2v) is 4.85. The van der Waals surface area contributed by atoms with Gasteiger partial charge in [-0.3, -0.25) is 5.41 Å². The highest BCUT2D eigenvalue weighted by Crippen LogP contribution is 2.40. The second kappa shape index (κ2) is 3.59. The van der Waals surface area contributed by atoms with Crippen LogP contribution in [0.1, 0.15) is 24.0 Å². The van der Waals surface area contributed by atoms with E-state index in [0.29, 0.717) is 5.92 Å². The van der Waals surface area contributed by atoms with E-state index in [1.165, 1.54) is 33.9 Å². The van der Waals surface area contributed by atoms with Crippen LogP contribution in [-0.4, -0.2) is 12.9 Å². The molecule has 3 rings (SSSR count). The first-order chi connectivity index (χ1) is 8.22. The van der Waals surface area contributed by atoms with E-state index in [1.807, 2.05) is 4.90 Å². The Bertz CT molecular complexity index is 601. The molecular weight excluding hydrogens is 208 g/mol. The highest BCUT2D eigenvalue weighted by Gasteiger charge is 2.26. The molecule has 2 heteroatoms. The number of anilines is 1. The van der Waals surface area contributed by atoms with Gasteiger partial charge in [0.05, 0.1) is 6.34 Å². The first kappa shape index (κ1) is 10.3. The lowest BCUT2D eigenvalue weighted by atomic mass is 9.94. The summed E-state index contributed by atoms with van der Waals surface area (Å²) in [5.74, 6) is 0.497. The van der Waals surface area contributed by atoms with E-state index in [0.717, 1.165) is 6.54 Å². The summed E-state index contributed by atoms with van der Waals surface area (Å²) in [5, 5.41) is 10.2. The molecule has 0 aliphatic carbocycles. The maximum Gasteiger partial charge on any atom is 0.0862 e. The van der Waals surface area contributed by atoms with Gasteiger partial charge >= 0.3 is 0 Å². The molecule has 1 atom stereocenters. The minimum atomic E-state index is 0.497. The van der Waals surface area contributed by atoms with Gasteiger partial charge in [-0.1, -0.05) is 31.2 Å². The molecule has 2 nitrogen and oxygen atoms in total. The number of fused-ring (bicyclic) bond motifs is 3. The Morgan fingerprint density at radius 1 is 1.24 bits per heavy atom. The molecule has 1 aliphatic rings. The molecule has 0 radical (unpaired) electrons. The minimum Gasteiger partial charge on any atom is -0.332 e. The van der Waals surface area contributed by atoms with Gasteiger partial charge in [0.15, 0.2) is 0 Å². The molecule has 0 fully saturated rings. The Morgan fingerprint density at radius 2 is 2.06 bits per heavy atom. The molecule has 0 spiro atoms. The normalized spacial score (nSPS) is 18.5. The average Bonchev–Trinajstić information content (AvgIpc) is 2.67. The van der Waals surface area contributed by atoms with Crippen LogP contribution in [0.25, 0.3) is 10.8 Å². The molecule has 0 saturated heterocycles. The summed E-state index contributed by atoms with van der Waals surface area (Å²) in [7, 11) is 0. The van der Waals surface area contributed by atoms with Crippen molar-refractivity contribution in [2.24, 2.45) is 0 Å². The molecule has 86 valence electrons. The van der Waals surface area contributed by atoms with Crippen molar-refractivity contribution in [2.45, 2.75) is 19.8 Å². The van der Waals surface area contributed by atoms with Crippen LogP contribution in [0, 0.1) is 12.3 Å². The quantitative estimate of drug-likeness (QED) is 0.580. The zero-order valence-corrected chi connectivity index (χ0v) is 10.2. The van der Waals surface area contributed by atoms with Gasteiger partial charge in [-0.05, 0) is 34.9 Å². The van der Waals surface area contributed by atoms with Gasteiger partial charge in [-0.25, -0.2) is 0 Å². The molecule has 17 heavy (non-hydrogen) atoms. The van der Waals surface area contributed by atoms with Gasteiger partial charge in [0, 0.05) is 18.2 Å². The molecule has 1 aliphatic heterocycles. The summed E-state index contributed by atoms with van der Waals surface area (Å²) in [6.45, 7) is 5.32. The third kappa shape index (κ3) is 1.37. The van der Waals surface area contributed by atoms with Crippen LogP contribution in [0.5, 0.6) is 0 Å². The van der Waals surface area contributed by atoms with Gasteiger partial charge in [0.1, 0.15) is 0 Å². The predicted molar refractivity (Wildman–Crippen MR) is 73.2 cm³/mol. The molecule has 0 bridgehead atoms. The van der Waals surface area contributed by atoms with Crippen molar-refractivity contribution >= 4 is 22.8 Å². The first-order valence-corrected chi connectivity index (χ1v) is 6.02. The van der Waals surface area contributed by atoms with Gasteiger partial charge in [-0.15, -0.1) is 0 Å². The maximum absolute atomic E-state index is 7.47. The number of rotatable bonds is 1. The van der Waals surface area contributed by atoms with Crippen molar-refractivity contribution in [3.8, 4) is 0 Å². The van der Waals surface area contributed by atoms with E-state index in [4.69, 9.17) is 5.41 Å². The number of hydrogen-bond acceptors (Lipinski definition) is 1. The summed E-state index contributed by atoms with van der Waals surface area (Å²) in [5.41, 5.74) is 3.92. The largest absolute Gasteiger partial charge is 0.332 e. The Hall–Kier alpha value is -1.83. The van der Waals surface area contributed by atoms with E-state index in [1.54, 1.807) is 0 Å². The van der Waals surface area contributed by atoms with E-state index >= 15 is 0 Å². The average molecular weight is 224 g/mol. The van der Waals surface area contributed by atoms with Crippen molar-refractivity contribution in [1.29, 1.82) is 5.41 Å². The second-order valence-electron chi connectivity index (χ2n) is 4.85. The van der Waals surface area contributed by atoms with Crippen LogP contribution in [0.2, 0.25) is 0 Å². The Labute approximate surface area is 101 Å². The number of nitrogens with one attached hydrogen (secondary N) is 1. The maximum atomic E-state index is 7.47. The van der Waals surface area contributed by atoms with Crippen LogP contribution >= 0.6 is 0 Å². The van der Waals surface area contributed by atoms with Crippen LogP contribution < -0.4 is 4.90 Å². The first-order valence-electron chi connectivity index (χ1n) is 6.02. The fraction of sp³-hybridized carbons (Fsp3) is 0.267. The van der Waals surface area contributed by atoms with Crippen LogP contribution in [0.3, 0.4) is 0 Å². The highest BCUT2D eigenvalue weighted by molar-refractivity contribution is 5.97. The van der Waals surface area contributed by atoms with E-state index < -0.39 is 0 Å². The smallest absolute Gasteiger partial charge is 0.0862 e. The molecule has 0 saturated carbocycles. The zero-order chi connectivity index (χ0) is 12.0. The summed E-state index contributed by atoms with van der Waals surface area (Å²) >= 11 is 0. The lowest BCUT2D eigenvalue weighted by Crippen LogP contribution is -2.17. The number of benzene rings is 2. The van der Waals surface area contributed by atoms with Crippen molar-refractivity contribution in [3.63, 3.8) is 0 Å². The standard InChI is InChI=1S/C15H16N2/c1-10-4-3-5-13-12(10)6-7-14-15(13)11(2)8-17(14)9-16/h3-7,9,11,16H,8H2,1-2H3. The lowest BCUT2D eigenvalue weighted by Gasteiger charge is -2.13. The topological polar surface area (TPSA) is 27.1 Å². The SMILES string of the molecule is Cc1cccc2c3c(ccc12)N(C=N)CC3C. The third-order valence-corrected chi connectivity index (χ3v) is 3.73.